The Hall–Kier alpha value is -4.02. The monoisotopic (exact) mass is 434 g/mol. The summed E-state index contributed by atoms with van der Waals surface area (Å²) in [6, 6.07) is 7.71. The molecule has 0 saturated carbocycles. The molecule has 8 nitrogen and oxygen atoms in total. The van der Waals surface area contributed by atoms with Crippen LogP contribution < -0.4 is 11.0 Å². The van der Waals surface area contributed by atoms with Gasteiger partial charge >= 0.3 is 6.18 Å². The molecule has 2 aromatic carbocycles. The number of aryl methyl sites for hydroxylation is 1. The van der Waals surface area contributed by atoms with Crippen molar-refractivity contribution < 1.29 is 28.2 Å². The molecule has 0 spiro atoms. The molecule has 0 aliphatic carbocycles. The van der Waals surface area contributed by atoms with Crippen molar-refractivity contribution >= 4 is 11.6 Å². The summed E-state index contributed by atoms with van der Waals surface area (Å²) < 4.78 is 39.9. The Balaban J connectivity index is 1.90. The molecule has 31 heavy (non-hydrogen) atoms. The molecule has 1 heterocycles. The number of carbonyl (C=O) groups is 1. The fraction of sp³-hybridized carbons (Fsp3) is 0.150. The highest BCUT2D eigenvalue weighted by Gasteiger charge is 2.30. The number of benzene rings is 2. The number of alkyl halides is 3. The second-order valence-corrected chi connectivity index (χ2v) is 6.64. The highest BCUT2D eigenvalue weighted by molar-refractivity contribution is 6.01. The van der Waals surface area contributed by atoms with Gasteiger partial charge in [-0.2, -0.15) is 18.3 Å². The average molecular weight is 434 g/mol. The van der Waals surface area contributed by atoms with E-state index < -0.39 is 34.7 Å². The van der Waals surface area contributed by atoms with Crippen LogP contribution in [0.15, 0.2) is 52.4 Å². The van der Waals surface area contributed by atoms with Gasteiger partial charge in [-0.25, -0.2) is 10.1 Å². The first-order valence-electron chi connectivity index (χ1n) is 8.85. The number of amides is 1. The van der Waals surface area contributed by atoms with E-state index in [2.05, 4.69) is 15.6 Å². The second-order valence-electron chi connectivity index (χ2n) is 6.64. The molecule has 3 rings (SSSR count). The van der Waals surface area contributed by atoms with Crippen molar-refractivity contribution in [2.45, 2.75) is 20.0 Å². The molecule has 0 saturated heterocycles. The number of aromatic hydroxyl groups is 2. The van der Waals surface area contributed by atoms with E-state index in [0.29, 0.717) is 5.69 Å². The van der Waals surface area contributed by atoms with Crippen LogP contribution in [0, 0.1) is 6.92 Å². The maximum atomic E-state index is 13.0. The van der Waals surface area contributed by atoms with Crippen LogP contribution in [-0.4, -0.2) is 31.6 Å². The molecule has 11 heteroatoms. The van der Waals surface area contributed by atoms with Crippen molar-refractivity contribution in [2.75, 3.05) is 0 Å². The van der Waals surface area contributed by atoms with Crippen LogP contribution in [0.1, 0.15) is 34.1 Å². The number of H-pyrrole nitrogens is 1. The van der Waals surface area contributed by atoms with Crippen molar-refractivity contribution in [3.63, 3.8) is 0 Å². The van der Waals surface area contributed by atoms with Gasteiger partial charge in [0.25, 0.3) is 11.5 Å². The van der Waals surface area contributed by atoms with Gasteiger partial charge in [0.15, 0.2) is 11.5 Å². The lowest BCUT2D eigenvalue weighted by Gasteiger charge is -2.08. The zero-order chi connectivity index (χ0) is 22.9. The van der Waals surface area contributed by atoms with E-state index in [-0.39, 0.29) is 22.5 Å². The maximum absolute atomic E-state index is 13.0. The standard InChI is InChI=1S/C20H17F3N4O4/c1-10(24-25-18(30)12-6-7-15(28)16(29)8-12)17-11(2)26-27(19(17)31)14-5-3-4-13(9-14)20(21,22)23/h3-9,26,28-29H,1-2H3,(H,25,30)/b24-10+. The van der Waals surface area contributed by atoms with Crippen LogP contribution in [0.25, 0.3) is 5.69 Å². The number of aromatic amines is 1. The minimum atomic E-state index is -4.56. The third-order valence-corrected chi connectivity index (χ3v) is 4.43. The Morgan fingerprint density at radius 1 is 1.13 bits per heavy atom. The molecular formula is C20H17F3N4O4. The van der Waals surface area contributed by atoms with E-state index in [0.717, 1.165) is 28.9 Å². The molecule has 1 amide bonds. The van der Waals surface area contributed by atoms with E-state index in [1.165, 1.54) is 25.1 Å². The molecule has 0 aliphatic heterocycles. The first kappa shape index (κ1) is 21.7. The lowest BCUT2D eigenvalue weighted by Crippen LogP contribution is -2.23. The van der Waals surface area contributed by atoms with Crippen LogP contribution in [0.2, 0.25) is 0 Å². The number of hydrazone groups is 1. The van der Waals surface area contributed by atoms with E-state index in [9.17, 15) is 33.0 Å². The maximum Gasteiger partial charge on any atom is 0.416 e. The molecule has 0 atom stereocenters. The van der Waals surface area contributed by atoms with Crippen LogP contribution >= 0.6 is 0 Å². The summed E-state index contributed by atoms with van der Waals surface area (Å²) in [5, 5.41) is 25.3. The minimum absolute atomic E-state index is 0.00872. The Morgan fingerprint density at radius 2 is 1.84 bits per heavy atom. The average Bonchev–Trinajstić information content (AvgIpc) is 3.01. The predicted molar refractivity (Wildman–Crippen MR) is 106 cm³/mol. The summed E-state index contributed by atoms with van der Waals surface area (Å²) in [5.74, 6) is -1.59. The number of carbonyl (C=O) groups excluding carboxylic acids is 1. The van der Waals surface area contributed by atoms with Crippen molar-refractivity contribution in [3.05, 3.63) is 75.2 Å². The quantitative estimate of drug-likeness (QED) is 0.287. The minimum Gasteiger partial charge on any atom is -0.504 e. The van der Waals surface area contributed by atoms with Gasteiger partial charge in [0.05, 0.1) is 22.5 Å². The Morgan fingerprint density at radius 3 is 2.48 bits per heavy atom. The molecule has 4 N–H and O–H groups in total. The summed E-state index contributed by atoms with van der Waals surface area (Å²) in [4.78, 5) is 24.9. The van der Waals surface area contributed by atoms with Crippen LogP contribution in [0.3, 0.4) is 0 Å². The summed E-state index contributed by atoms with van der Waals surface area (Å²) in [5.41, 5.74) is 1.20. The number of aromatic nitrogens is 2. The molecule has 0 fully saturated rings. The van der Waals surface area contributed by atoms with E-state index in [4.69, 9.17) is 0 Å². The molecule has 0 unspecified atom stereocenters. The Bertz CT molecular complexity index is 1240. The van der Waals surface area contributed by atoms with Crippen LogP contribution in [0.4, 0.5) is 13.2 Å². The first-order chi connectivity index (χ1) is 14.5. The number of phenolic OH excluding ortho intramolecular Hbond substituents is 2. The van der Waals surface area contributed by atoms with Crippen molar-refractivity contribution in [3.8, 4) is 17.2 Å². The van der Waals surface area contributed by atoms with Gasteiger partial charge in [-0.05, 0) is 50.2 Å². The van der Waals surface area contributed by atoms with Gasteiger partial charge in [-0.1, -0.05) is 6.07 Å². The second kappa shape index (κ2) is 8.01. The van der Waals surface area contributed by atoms with Gasteiger partial charge in [0.2, 0.25) is 0 Å². The number of rotatable bonds is 4. The molecule has 3 aromatic rings. The van der Waals surface area contributed by atoms with Crippen molar-refractivity contribution in [2.24, 2.45) is 5.10 Å². The molecule has 0 bridgehead atoms. The molecule has 162 valence electrons. The van der Waals surface area contributed by atoms with Crippen LogP contribution in [-0.2, 0) is 6.18 Å². The fourth-order valence-corrected chi connectivity index (χ4v) is 2.90. The zero-order valence-electron chi connectivity index (χ0n) is 16.3. The van der Waals surface area contributed by atoms with E-state index in [1.54, 1.807) is 6.92 Å². The highest BCUT2D eigenvalue weighted by Crippen LogP contribution is 2.30. The molecule has 1 aromatic heterocycles. The van der Waals surface area contributed by atoms with E-state index >= 15 is 0 Å². The highest BCUT2D eigenvalue weighted by atomic mass is 19.4. The summed E-state index contributed by atoms with van der Waals surface area (Å²) in [7, 11) is 0. The van der Waals surface area contributed by atoms with Gasteiger partial charge in [-0.3, -0.25) is 14.7 Å². The molecular weight excluding hydrogens is 417 g/mol. The topological polar surface area (TPSA) is 120 Å². The number of halogens is 3. The van der Waals surface area contributed by atoms with Crippen molar-refractivity contribution in [1.29, 1.82) is 0 Å². The smallest absolute Gasteiger partial charge is 0.416 e. The van der Waals surface area contributed by atoms with Crippen molar-refractivity contribution in [1.82, 2.24) is 15.2 Å². The largest absolute Gasteiger partial charge is 0.504 e. The third kappa shape index (κ3) is 4.44. The van der Waals surface area contributed by atoms with Crippen LogP contribution in [0.5, 0.6) is 11.5 Å². The predicted octanol–water partition coefficient (Wildman–Crippen LogP) is 3.06. The summed E-state index contributed by atoms with van der Waals surface area (Å²) in [6.07, 6.45) is -4.56. The molecule has 0 radical (unpaired) electrons. The number of hydrogen-bond acceptors (Lipinski definition) is 5. The van der Waals surface area contributed by atoms with Gasteiger partial charge in [-0.15, -0.1) is 0 Å². The number of phenols is 2. The Kier molecular flexibility index (Phi) is 5.60. The lowest BCUT2D eigenvalue weighted by atomic mass is 10.1. The van der Waals surface area contributed by atoms with E-state index in [1.807, 2.05) is 0 Å². The zero-order valence-corrected chi connectivity index (χ0v) is 16.3. The summed E-state index contributed by atoms with van der Waals surface area (Å²) >= 11 is 0. The van der Waals surface area contributed by atoms with Gasteiger partial charge in [0, 0.05) is 11.3 Å². The number of hydrogen-bond donors (Lipinski definition) is 4. The fourth-order valence-electron chi connectivity index (χ4n) is 2.90. The van der Waals surface area contributed by atoms with Gasteiger partial charge < -0.3 is 10.2 Å². The SMILES string of the molecule is C/C(=N\NC(=O)c1ccc(O)c(O)c1)c1c(C)[nH]n(-c2cccc(C(F)(F)F)c2)c1=O. The van der Waals surface area contributed by atoms with Gasteiger partial charge in [0.1, 0.15) is 0 Å². The third-order valence-electron chi connectivity index (χ3n) is 4.43. The number of nitrogens with zero attached hydrogens (tertiary/aromatic N) is 2. The number of nitrogens with one attached hydrogen (secondary N) is 2. The summed E-state index contributed by atoms with van der Waals surface area (Å²) in [6.45, 7) is 2.99. The normalized spacial score (nSPS) is 12.1. The Labute approximate surface area is 173 Å². The molecule has 0 aliphatic rings. The lowest BCUT2D eigenvalue weighted by molar-refractivity contribution is -0.137. The first-order valence-corrected chi connectivity index (χ1v) is 8.85.